The normalized spacial score (nSPS) is 16.1. The highest BCUT2D eigenvalue weighted by Gasteiger charge is 2.27. The summed E-state index contributed by atoms with van der Waals surface area (Å²) in [6.07, 6.45) is 0.561. The van der Waals surface area contributed by atoms with Crippen molar-refractivity contribution < 1.29 is 23.4 Å². The fourth-order valence-electron chi connectivity index (χ4n) is 3.49. The van der Waals surface area contributed by atoms with Crippen molar-refractivity contribution in [2.75, 3.05) is 26.1 Å². The van der Waals surface area contributed by atoms with Gasteiger partial charge in [0.2, 0.25) is 5.88 Å². The van der Waals surface area contributed by atoms with Crippen molar-refractivity contribution in [3.05, 3.63) is 59.4 Å². The number of nitrogens with two attached hydrogens (primary N) is 1. The molecule has 0 bridgehead atoms. The van der Waals surface area contributed by atoms with Crippen LogP contribution in [0.3, 0.4) is 0 Å². The van der Waals surface area contributed by atoms with Crippen molar-refractivity contribution in [3.63, 3.8) is 0 Å². The molecule has 0 radical (unpaired) electrons. The van der Waals surface area contributed by atoms with Crippen LogP contribution < -0.4 is 11.1 Å². The predicted molar refractivity (Wildman–Crippen MR) is 122 cm³/mol. The van der Waals surface area contributed by atoms with Crippen molar-refractivity contribution in [1.82, 2.24) is 10.3 Å². The Morgan fingerprint density at radius 3 is 2.88 bits per heavy atom. The number of halogens is 1. The molecule has 9 nitrogen and oxygen atoms in total. The molecule has 1 aliphatic heterocycles. The number of ether oxygens (including phenoxy) is 3. The first-order valence-electron chi connectivity index (χ1n) is 10.5. The third-order valence-corrected chi connectivity index (χ3v) is 5.25. The molecule has 2 atom stereocenters. The van der Waals surface area contributed by atoms with Gasteiger partial charge in [0.15, 0.2) is 0 Å². The van der Waals surface area contributed by atoms with Crippen LogP contribution in [0.4, 0.5) is 10.2 Å². The zero-order valence-electron chi connectivity index (χ0n) is 19.0. The second kappa shape index (κ2) is 10.5. The molecule has 1 aromatic heterocycles. The molecule has 1 amide bonds. The molecule has 0 aliphatic carbocycles. The third-order valence-electron chi connectivity index (χ3n) is 5.25. The number of fused-ring (bicyclic) bond motifs is 3. The Morgan fingerprint density at radius 2 is 2.18 bits per heavy atom. The topological polar surface area (TPSA) is 120 Å². The Labute approximate surface area is 191 Å². The fourth-order valence-corrected chi connectivity index (χ4v) is 3.49. The Bertz CT molecular complexity index is 1120. The minimum absolute atomic E-state index is 0.0772. The summed E-state index contributed by atoms with van der Waals surface area (Å²) >= 11 is 0. The number of carbonyl (C=O) groups is 1. The highest BCUT2D eigenvalue weighted by Crippen LogP contribution is 2.38. The minimum Gasteiger partial charge on any atom is -0.480 e. The second-order valence-corrected chi connectivity index (χ2v) is 7.58. The summed E-state index contributed by atoms with van der Waals surface area (Å²) in [5.41, 5.74) is 8.02. The molecule has 1 aromatic carbocycles. The number of nitrogen functional groups attached to an aromatic ring is 1. The summed E-state index contributed by atoms with van der Waals surface area (Å²) in [5, 5.41) is 11.1. The molecule has 2 heterocycles. The summed E-state index contributed by atoms with van der Waals surface area (Å²) in [6.45, 7) is 12.1. The number of nitrogens with zero attached hydrogens (tertiary/aromatic N) is 3. The molecular weight excluding hydrogens is 429 g/mol. The maximum Gasteiger partial charge on any atom is 0.254 e. The summed E-state index contributed by atoms with van der Waals surface area (Å²) in [5.74, 6) is -1.01. The first-order valence-corrected chi connectivity index (χ1v) is 10.5. The number of azo groups is 1. The summed E-state index contributed by atoms with van der Waals surface area (Å²) < 4.78 is 31.0. The predicted octanol–water partition coefficient (Wildman–Crippen LogP) is 4.16. The maximum atomic E-state index is 14.9. The van der Waals surface area contributed by atoms with Crippen LogP contribution in [0.25, 0.3) is 10.9 Å². The monoisotopic (exact) mass is 457 g/mol. The van der Waals surface area contributed by atoms with Crippen LogP contribution in [0.15, 0.2) is 47.1 Å². The Kier molecular flexibility index (Phi) is 7.72. The zero-order chi connectivity index (χ0) is 24.1. The van der Waals surface area contributed by atoms with E-state index in [4.69, 9.17) is 19.9 Å². The Morgan fingerprint density at radius 1 is 1.42 bits per heavy atom. The van der Waals surface area contributed by atoms with Gasteiger partial charge in [-0.3, -0.25) is 4.79 Å². The summed E-state index contributed by atoms with van der Waals surface area (Å²) in [7, 11) is 1.40. The molecule has 0 unspecified atom stereocenters. The van der Waals surface area contributed by atoms with E-state index in [2.05, 4.69) is 33.7 Å². The number of rotatable bonds is 10. The van der Waals surface area contributed by atoms with Crippen molar-refractivity contribution in [2.24, 2.45) is 10.2 Å². The largest absolute Gasteiger partial charge is 0.480 e. The molecule has 176 valence electrons. The van der Waals surface area contributed by atoms with Gasteiger partial charge in [-0.25, -0.2) is 9.37 Å². The van der Waals surface area contributed by atoms with Gasteiger partial charge in [0.25, 0.3) is 5.91 Å². The maximum absolute atomic E-state index is 14.9. The molecular formula is C23H28FN5O4. The van der Waals surface area contributed by atoms with E-state index in [1.807, 2.05) is 13.8 Å². The number of amides is 1. The third kappa shape index (κ3) is 5.35. The van der Waals surface area contributed by atoms with Crippen LogP contribution in [-0.2, 0) is 20.8 Å². The van der Waals surface area contributed by atoms with Crippen LogP contribution in [0, 0.1) is 5.82 Å². The summed E-state index contributed by atoms with van der Waals surface area (Å²) in [4.78, 5) is 17.3. The molecule has 3 N–H and O–H groups in total. The van der Waals surface area contributed by atoms with Gasteiger partial charge in [-0.2, -0.15) is 5.11 Å². The lowest BCUT2D eigenvalue weighted by Crippen LogP contribution is -2.39. The Balaban J connectivity index is 1.91. The van der Waals surface area contributed by atoms with Crippen LogP contribution in [0.2, 0.25) is 0 Å². The van der Waals surface area contributed by atoms with E-state index in [9.17, 15) is 9.18 Å². The lowest BCUT2D eigenvalue weighted by molar-refractivity contribution is 0.0801. The smallest absolute Gasteiger partial charge is 0.254 e. The number of hydrogen-bond donors (Lipinski definition) is 2. The molecule has 3 rings (SSSR count). The van der Waals surface area contributed by atoms with Gasteiger partial charge in [-0.15, -0.1) is 5.11 Å². The molecule has 0 spiro atoms. The average Bonchev–Trinajstić information content (AvgIpc) is 3.18. The van der Waals surface area contributed by atoms with E-state index in [0.717, 1.165) is 17.5 Å². The molecule has 0 fully saturated rings. The zero-order valence-corrected chi connectivity index (χ0v) is 19.0. The highest BCUT2D eigenvalue weighted by atomic mass is 19.1. The average molecular weight is 458 g/mol. The first kappa shape index (κ1) is 24.3. The van der Waals surface area contributed by atoms with Gasteiger partial charge < -0.3 is 25.3 Å². The van der Waals surface area contributed by atoms with Gasteiger partial charge in [0.1, 0.15) is 11.6 Å². The molecule has 1 aliphatic rings. The van der Waals surface area contributed by atoms with Crippen molar-refractivity contribution in [1.29, 1.82) is 0 Å². The van der Waals surface area contributed by atoms with E-state index in [0.29, 0.717) is 29.9 Å². The summed E-state index contributed by atoms with van der Waals surface area (Å²) in [6, 6.07) is 1.92. The molecule has 0 saturated carbocycles. The molecule has 10 heteroatoms. The van der Waals surface area contributed by atoms with Crippen LogP contribution >= 0.6 is 0 Å². The number of nitrogens with one attached hydrogen (secondary N) is 1. The van der Waals surface area contributed by atoms with Crippen molar-refractivity contribution >= 4 is 22.6 Å². The van der Waals surface area contributed by atoms with Gasteiger partial charge in [0.05, 0.1) is 49.2 Å². The quantitative estimate of drug-likeness (QED) is 0.314. The first-order chi connectivity index (χ1) is 15.8. The highest BCUT2D eigenvalue weighted by molar-refractivity contribution is 6.00. The van der Waals surface area contributed by atoms with Crippen LogP contribution in [0.5, 0.6) is 0 Å². The SMILES string of the molecule is C=C(N=NC(=C)[C@@H](COCCC)NC(=O)c1cc2c3c(c(N)nc2cc1F)[C@@H](C)OC3)OC. The number of methoxy groups -OCH3 is 1. The van der Waals surface area contributed by atoms with Crippen molar-refractivity contribution in [2.45, 2.75) is 39.0 Å². The lowest BCUT2D eigenvalue weighted by Gasteiger charge is -2.19. The van der Waals surface area contributed by atoms with Gasteiger partial charge in [0, 0.05) is 23.6 Å². The van der Waals surface area contributed by atoms with E-state index in [-0.39, 0.29) is 29.9 Å². The van der Waals surface area contributed by atoms with Crippen LogP contribution in [-0.4, -0.2) is 37.3 Å². The number of anilines is 1. The number of pyridine rings is 1. The van der Waals surface area contributed by atoms with E-state index in [1.54, 1.807) is 0 Å². The number of benzene rings is 1. The van der Waals surface area contributed by atoms with E-state index in [1.165, 1.54) is 19.2 Å². The number of hydrogen-bond acceptors (Lipinski definition) is 8. The van der Waals surface area contributed by atoms with Gasteiger partial charge in [-0.1, -0.05) is 13.5 Å². The molecule has 33 heavy (non-hydrogen) atoms. The van der Waals surface area contributed by atoms with E-state index < -0.39 is 17.8 Å². The van der Waals surface area contributed by atoms with E-state index >= 15 is 0 Å². The minimum atomic E-state index is -0.744. The van der Waals surface area contributed by atoms with Crippen LogP contribution in [0.1, 0.15) is 47.9 Å². The number of carbonyl (C=O) groups excluding carboxylic acids is 1. The standard InChI is InChI=1S/C23H28FN5O4/c1-6-7-32-11-20(12(2)28-29-14(4)31-5)27-23(30)16-8-15-17-10-33-13(3)21(17)22(25)26-19(15)9-18(16)24/h8-9,13,20H,2,4,6-7,10-11H2,1,3,5H3,(H2,25,26)(H,27,30)/t13-,20-/m1/s1. The Hall–Kier alpha value is -3.37. The molecule has 0 saturated heterocycles. The second-order valence-electron chi connectivity index (χ2n) is 7.58. The number of aromatic nitrogens is 1. The van der Waals surface area contributed by atoms with Gasteiger partial charge in [-0.05, 0) is 31.6 Å². The van der Waals surface area contributed by atoms with Crippen molar-refractivity contribution in [3.8, 4) is 0 Å². The fraction of sp³-hybridized carbons (Fsp3) is 0.391. The van der Waals surface area contributed by atoms with Gasteiger partial charge >= 0.3 is 0 Å². The lowest BCUT2D eigenvalue weighted by atomic mass is 9.99. The molecule has 2 aromatic rings.